The number of nitrogens with zero attached hydrogens (tertiary/aromatic N) is 2. The van der Waals surface area contributed by atoms with E-state index in [4.69, 9.17) is 5.26 Å². The van der Waals surface area contributed by atoms with Crippen molar-refractivity contribution in [2.24, 2.45) is 0 Å². The van der Waals surface area contributed by atoms with Crippen LogP contribution < -0.4 is 0 Å². The Hall–Kier alpha value is -1.69. The van der Waals surface area contributed by atoms with Crippen LogP contribution in [0.3, 0.4) is 0 Å². The van der Waals surface area contributed by atoms with Gasteiger partial charge in [-0.3, -0.25) is 4.98 Å². The number of halogens is 1. The van der Waals surface area contributed by atoms with Crippen molar-refractivity contribution >= 4 is 6.08 Å². The van der Waals surface area contributed by atoms with Crippen molar-refractivity contribution in [1.29, 1.82) is 5.26 Å². The predicted molar refractivity (Wildman–Crippen MR) is 43.5 cm³/mol. The predicted octanol–water partition coefficient (Wildman–Crippen LogP) is 2.15. The van der Waals surface area contributed by atoms with Gasteiger partial charge in [-0.05, 0) is 6.07 Å². The minimum atomic E-state index is -0.369. The molecule has 1 rings (SSSR count). The molecule has 0 amide bonds. The van der Waals surface area contributed by atoms with Crippen LogP contribution in [0.4, 0.5) is 4.39 Å². The minimum absolute atomic E-state index is 0.293. The van der Waals surface area contributed by atoms with Gasteiger partial charge in [-0.1, -0.05) is 12.2 Å². The summed E-state index contributed by atoms with van der Waals surface area (Å²) in [6, 6.07) is 3.49. The number of rotatable bonds is 2. The van der Waals surface area contributed by atoms with Crippen LogP contribution >= 0.6 is 0 Å². The van der Waals surface area contributed by atoms with Crippen LogP contribution in [0.2, 0.25) is 0 Å². The van der Waals surface area contributed by atoms with Crippen LogP contribution in [-0.2, 0) is 0 Å². The van der Waals surface area contributed by atoms with E-state index in [-0.39, 0.29) is 5.82 Å². The molecule has 1 heterocycles. The molecule has 0 radical (unpaired) electrons. The molecule has 1 aromatic rings. The van der Waals surface area contributed by atoms with Gasteiger partial charge in [-0.15, -0.1) is 0 Å². The average molecular weight is 162 g/mol. The summed E-state index contributed by atoms with van der Waals surface area (Å²) in [5.41, 5.74) is 0.459. The summed E-state index contributed by atoms with van der Waals surface area (Å²) < 4.78 is 12.8. The van der Waals surface area contributed by atoms with Gasteiger partial charge in [-0.25, -0.2) is 4.39 Å². The van der Waals surface area contributed by atoms with E-state index in [9.17, 15) is 4.39 Å². The second-order valence-corrected chi connectivity index (χ2v) is 2.16. The van der Waals surface area contributed by atoms with E-state index < -0.39 is 0 Å². The quantitative estimate of drug-likeness (QED) is 0.668. The maximum absolute atomic E-state index is 12.8. The molecule has 0 aliphatic carbocycles. The molecule has 0 saturated heterocycles. The normalized spacial score (nSPS) is 10.0. The first-order chi connectivity index (χ1) is 5.84. The molecule has 0 spiro atoms. The lowest BCUT2D eigenvalue weighted by Crippen LogP contribution is -1.81. The lowest BCUT2D eigenvalue weighted by Gasteiger charge is -1.92. The molecule has 0 bridgehead atoms. The van der Waals surface area contributed by atoms with Gasteiger partial charge < -0.3 is 0 Å². The molecule has 1 aromatic heterocycles. The Kier molecular flexibility index (Phi) is 2.97. The zero-order chi connectivity index (χ0) is 8.81. The standard InChI is InChI=1S/C9H7FN2/c10-9-7-12-6-4-8(9)3-1-2-5-11/h1,3-4,6-7H,2H2. The van der Waals surface area contributed by atoms with E-state index in [2.05, 4.69) is 4.98 Å². The Morgan fingerprint density at radius 3 is 3.17 bits per heavy atom. The topological polar surface area (TPSA) is 36.7 Å². The van der Waals surface area contributed by atoms with Crippen LogP contribution in [-0.4, -0.2) is 4.98 Å². The Balaban J connectivity index is 2.77. The molecule has 0 fully saturated rings. The molecule has 0 aliphatic rings. The molecule has 3 heteroatoms. The molecule has 2 nitrogen and oxygen atoms in total. The molecular weight excluding hydrogens is 155 g/mol. The number of allylic oxidation sites excluding steroid dienone is 1. The van der Waals surface area contributed by atoms with Crippen molar-refractivity contribution < 1.29 is 4.39 Å². The van der Waals surface area contributed by atoms with Gasteiger partial charge in [-0.2, -0.15) is 5.26 Å². The highest BCUT2D eigenvalue weighted by Gasteiger charge is 1.94. The zero-order valence-electron chi connectivity index (χ0n) is 6.37. The van der Waals surface area contributed by atoms with Crippen LogP contribution in [0.15, 0.2) is 24.5 Å². The van der Waals surface area contributed by atoms with Gasteiger partial charge in [0, 0.05) is 11.8 Å². The van der Waals surface area contributed by atoms with Gasteiger partial charge in [0.25, 0.3) is 0 Å². The number of hydrogen-bond donors (Lipinski definition) is 0. The van der Waals surface area contributed by atoms with Crippen molar-refractivity contribution in [2.75, 3.05) is 0 Å². The number of aromatic nitrogens is 1. The Bertz CT molecular complexity index is 326. The maximum Gasteiger partial charge on any atom is 0.148 e. The largest absolute Gasteiger partial charge is 0.262 e. The van der Waals surface area contributed by atoms with Crippen molar-refractivity contribution in [3.8, 4) is 6.07 Å². The zero-order valence-corrected chi connectivity index (χ0v) is 6.37. The summed E-state index contributed by atoms with van der Waals surface area (Å²) in [5, 5.41) is 8.21. The van der Waals surface area contributed by atoms with Crippen molar-refractivity contribution in [2.45, 2.75) is 6.42 Å². The fourth-order valence-electron chi connectivity index (χ4n) is 0.760. The molecule has 12 heavy (non-hydrogen) atoms. The number of nitriles is 1. The van der Waals surface area contributed by atoms with Crippen molar-refractivity contribution in [1.82, 2.24) is 4.98 Å². The second kappa shape index (κ2) is 4.24. The third-order valence-electron chi connectivity index (χ3n) is 1.31. The maximum atomic E-state index is 12.8. The average Bonchev–Trinajstić information content (AvgIpc) is 2.09. The first-order valence-corrected chi connectivity index (χ1v) is 3.47. The van der Waals surface area contributed by atoms with Crippen LogP contribution in [0.5, 0.6) is 0 Å². The lowest BCUT2D eigenvalue weighted by atomic mass is 10.2. The van der Waals surface area contributed by atoms with Gasteiger partial charge in [0.1, 0.15) is 5.82 Å². The highest BCUT2D eigenvalue weighted by atomic mass is 19.1. The van der Waals surface area contributed by atoms with Crippen LogP contribution in [0.1, 0.15) is 12.0 Å². The molecule has 0 aromatic carbocycles. The highest BCUT2D eigenvalue weighted by Crippen LogP contribution is 2.06. The molecule has 60 valence electrons. The summed E-state index contributed by atoms with van der Waals surface area (Å²) in [7, 11) is 0. The first kappa shape index (κ1) is 8.41. The van der Waals surface area contributed by atoms with E-state index in [1.54, 1.807) is 18.2 Å². The smallest absolute Gasteiger partial charge is 0.148 e. The Morgan fingerprint density at radius 1 is 1.67 bits per heavy atom. The summed E-state index contributed by atoms with van der Waals surface area (Å²) >= 11 is 0. The number of pyridine rings is 1. The SMILES string of the molecule is N#CCC=Cc1ccncc1F. The molecule has 0 atom stereocenters. The highest BCUT2D eigenvalue weighted by molar-refractivity contribution is 5.49. The van der Waals surface area contributed by atoms with E-state index in [0.29, 0.717) is 12.0 Å². The molecule has 0 saturated carbocycles. The Labute approximate surface area is 70.0 Å². The fraction of sp³-hybridized carbons (Fsp3) is 0.111. The summed E-state index contributed by atoms with van der Waals surface area (Å²) in [4.78, 5) is 3.60. The van der Waals surface area contributed by atoms with Gasteiger partial charge in [0.05, 0.1) is 18.7 Å². The summed E-state index contributed by atoms with van der Waals surface area (Å²) in [5.74, 6) is -0.369. The minimum Gasteiger partial charge on any atom is -0.262 e. The second-order valence-electron chi connectivity index (χ2n) is 2.16. The van der Waals surface area contributed by atoms with E-state index in [1.807, 2.05) is 6.07 Å². The van der Waals surface area contributed by atoms with Crippen molar-refractivity contribution in [3.05, 3.63) is 35.9 Å². The van der Waals surface area contributed by atoms with Crippen LogP contribution in [0, 0.1) is 17.1 Å². The monoisotopic (exact) mass is 162 g/mol. The lowest BCUT2D eigenvalue weighted by molar-refractivity contribution is 0.618. The summed E-state index contributed by atoms with van der Waals surface area (Å²) in [6.07, 6.45) is 6.13. The molecule has 0 unspecified atom stereocenters. The number of hydrogen-bond acceptors (Lipinski definition) is 2. The Morgan fingerprint density at radius 2 is 2.50 bits per heavy atom. The van der Waals surface area contributed by atoms with Crippen molar-refractivity contribution in [3.63, 3.8) is 0 Å². The fourth-order valence-corrected chi connectivity index (χ4v) is 0.760. The summed E-state index contributed by atoms with van der Waals surface area (Å²) in [6.45, 7) is 0. The molecule has 0 aliphatic heterocycles. The third-order valence-corrected chi connectivity index (χ3v) is 1.31. The van der Waals surface area contributed by atoms with E-state index >= 15 is 0 Å². The van der Waals surface area contributed by atoms with E-state index in [0.717, 1.165) is 6.20 Å². The van der Waals surface area contributed by atoms with Gasteiger partial charge >= 0.3 is 0 Å². The molecular formula is C9H7FN2. The van der Waals surface area contributed by atoms with Gasteiger partial charge in [0.2, 0.25) is 0 Å². The van der Waals surface area contributed by atoms with E-state index in [1.165, 1.54) is 6.20 Å². The first-order valence-electron chi connectivity index (χ1n) is 3.47. The third kappa shape index (κ3) is 2.17. The molecule has 0 N–H and O–H groups in total. The van der Waals surface area contributed by atoms with Gasteiger partial charge in [0.15, 0.2) is 0 Å². The van der Waals surface area contributed by atoms with Crippen LogP contribution in [0.25, 0.3) is 6.08 Å².